The van der Waals surface area contributed by atoms with Gasteiger partial charge in [0.25, 0.3) is 0 Å². The second-order valence-corrected chi connectivity index (χ2v) is 6.43. The number of anilines is 8. The molecule has 13 heteroatoms. The van der Waals surface area contributed by atoms with Gasteiger partial charge in [-0.25, -0.2) is 0 Å². The van der Waals surface area contributed by atoms with Crippen LogP contribution < -0.4 is 33.6 Å². The Balaban J connectivity index is 1.38. The van der Waals surface area contributed by atoms with Crippen molar-refractivity contribution >= 4 is 59.0 Å². The predicted molar refractivity (Wildman–Crippen MR) is 124 cm³/mol. The molecule has 0 aliphatic carbocycles. The molecule has 2 heterocycles. The molecule has 10 N–H and O–H groups in total. The summed E-state index contributed by atoms with van der Waals surface area (Å²) in [4.78, 5) is 27.8. The number of nitrogens with zero attached hydrogens (tertiary/aromatic N) is 7. The first kappa shape index (κ1) is 20.2. The molecule has 0 amide bonds. The number of nitrogens with one attached hydrogen (secondary N) is 2. The maximum absolute atomic E-state index is 5.57. The van der Waals surface area contributed by atoms with Crippen LogP contribution in [0.15, 0.2) is 53.5 Å². The van der Waals surface area contributed by atoms with Crippen molar-refractivity contribution in [2.45, 2.75) is 0 Å². The second kappa shape index (κ2) is 8.74. The molecule has 32 heavy (non-hydrogen) atoms. The molecule has 0 aliphatic rings. The molecule has 0 atom stereocenters. The van der Waals surface area contributed by atoms with Crippen molar-refractivity contribution in [3.05, 3.63) is 54.1 Å². The quantitative estimate of drug-likeness (QED) is 0.241. The number of hydrogen-bond acceptors (Lipinski definition) is 13. The highest BCUT2D eigenvalue weighted by Gasteiger charge is 2.03. The largest absolute Gasteiger partial charge is 0.368 e. The Morgan fingerprint density at radius 2 is 0.969 bits per heavy atom. The van der Waals surface area contributed by atoms with E-state index < -0.39 is 0 Å². The van der Waals surface area contributed by atoms with Crippen LogP contribution in [-0.4, -0.2) is 36.1 Å². The maximum Gasteiger partial charge on any atom is 0.233 e. The average molecular weight is 429 g/mol. The van der Waals surface area contributed by atoms with Gasteiger partial charge in [-0.3, -0.25) is 4.99 Å². The molecule has 4 rings (SSSR count). The van der Waals surface area contributed by atoms with E-state index in [2.05, 4.69) is 45.5 Å². The molecule has 0 spiro atoms. The fraction of sp³-hybridized carbons (Fsp3) is 0. The number of benzene rings is 2. The fourth-order valence-electron chi connectivity index (χ4n) is 2.62. The van der Waals surface area contributed by atoms with E-state index in [0.29, 0.717) is 0 Å². The molecule has 0 fully saturated rings. The van der Waals surface area contributed by atoms with E-state index in [0.717, 1.165) is 22.6 Å². The Morgan fingerprint density at radius 1 is 0.562 bits per heavy atom. The van der Waals surface area contributed by atoms with Crippen molar-refractivity contribution in [2.75, 3.05) is 33.6 Å². The molecule has 13 nitrogen and oxygen atoms in total. The molecular formula is C19H19N13. The minimum Gasteiger partial charge on any atom is -0.368 e. The zero-order valence-electron chi connectivity index (χ0n) is 16.6. The Hall–Kier alpha value is -5.07. The summed E-state index contributed by atoms with van der Waals surface area (Å²) in [6.45, 7) is 0. The molecule has 0 saturated carbocycles. The number of hydrogen-bond donors (Lipinski definition) is 6. The zero-order valence-corrected chi connectivity index (χ0v) is 16.6. The minimum absolute atomic E-state index is 0.0454. The smallest absolute Gasteiger partial charge is 0.233 e. The van der Waals surface area contributed by atoms with Crippen LogP contribution in [-0.2, 0) is 0 Å². The third-order valence-corrected chi connectivity index (χ3v) is 3.99. The zero-order chi connectivity index (χ0) is 22.5. The predicted octanol–water partition coefficient (Wildman–Crippen LogP) is 1.62. The van der Waals surface area contributed by atoms with E-state index in [1.54, 1.807) is 6.21 Å². The standard InChI is InChI=1S/C19H19N13/c20-14-27-15(21)30-18(29-14)25-12-3-1-10(2-4-12)9-24-11-5-7-13(8-6-11)26-19-31-16(22)28-17(23)32-19/h1-9H,(H5,20,21,25,27,29,30)(H5,22,23,26,28,31,32). The summed E-state index contributed by atoms with van der Waals surface area (Å²) in [7, 11) is 0. The van der Waals surface area contributed by atoms with E-state index in [9.17, 15) is 0 Å². The molecule has 0 saturated heterocycles. The van der Waals surface area contributed by atoms with Crippen LogP contribution in [0.3, 0.4) is 0 Å². The lowest BCUT2D eigenvalue weighted by Crippen LogP contribution is -2.06. The average Bonchev–Trinajstić information content (AvgIpc) is 2.73. The van der Waals surface area contributed by atoms with Crippen molar-refractivity contribution in [2.24, 2.45) is 4.99 Å². The summed E-state index contributed by atoms with van der Waals surface area (Å²) in [6.07, 6.45) is 1.75. The molecule has 160 valence electrons. The van der Waals surface area contributed by atoms with Crippen molar-refractivity contribution in [1.29, 1.82) is 0 Å². The molecule has 0 aliphatic heterocycles. The van der Waals surface area contributed by atoms with E-state index in [1.165, 1.54) is 0 Å². The van der Waals surface area contributed by atoms with Gasteiger partial charge in [0.05, 0.1) is 5.69 Å². The van der Waals surface area contributed by atoms with Gasteiger partial charge in [-0.15, -0.1) is 0 Å². The number of nitrogens with two attached hydrogens (primary N) is 4. The molecule has 2 aromatic carbocycles. The number of aromatic nitrogens is 6. The van der Waals surface area contributed by atoms with Crippen molar-refractivity contribution < 1.29 is 0 Å². The van der Waals surface area contributed by atoms with E-state index in [4.69, 9.17) is 22.9 Å². The molecule has 2 aromatic heterocycles. The summed E-state index contributed by atoms with van der Waals surface area (Å²) in [5.41, 5.74) is 25.5. The van der Waals surface area contributed by atoms with Gasteiger partial charge in [0, 0.05) is 17.6 Å². The van der Waals surface area contributed by atoms with Gasteiger partial charge >= 0.3 is 0 Å². The van der Waals surface area contributed by atoms with Crippen LogP contribution in [0.5, 0.6) is 0 Å². The van der Waals surface area contributed by atoms with Crippen molar-refractivity contribution in [3.63, 3.8) is 0 Å². The van der Waals surface area contributed by atoms with Crippen LogP contribution in [0.2, 0.25) is 0 Å². The summed E-state index contributed by atoms with van der Waals surface area (Å²) >= 11 is 0. The minimum atomic E-state index is 0.0454. The summed E-state index contributed by atoms with van der Waals surface area (Å²) < 4.78 is 0. The van der Waals surface area contributed by atoms with Crippen LogP contribution >= 0.6 is 0 Å². The third-order valence-electron chi connectivity index (χ3n) is 3.99. The van der Waals surface area contributed by atoms with Crippen LogP contribution in [0, 0.1) is 0 Å². The molecule has 0 radical (unpaired) electrons. The van der Waals surface area contributed by atoms with Crippen LogP contribution in [0.4, 0.5) is 52.8 Å². The fourth-order valence-corrected chi connectivity index (χ4v) is 2.62. The van der Waals surface area contributed by atoms with Gasteiger partial charge in [-0.05, 0) is 42.0 Å². The van der Waals surface area contributed by atoms with Gasteiger partial charge in [-0.2, -0.15) is 29.9 Å². The lowest BCUT2D eigenvalue weighted by Gasteiger charge is -2.06. The van der Waals surface area contributed by atoms with Gasteiger partial charge < -0.3 is 33.6 Å². The Kier molecular flexibility index (Phi) is 5.52. The number of nitrogen functional groups attached to an aromatic ring is 4. The highest BCUT2D eigenvalue weighted by molar-refractivity contribution is 5.82. The normalized spacial score (nSPS) is 10.9. The highest BCUT2D eigenvalue weighted by atomic mass is 15.2. The maximum atomic E-state index is 5.57. The second-order valence-electron chi connectivity index (χ2n) is 6.43. The molecule has 4 aromatic rings. The van der Waals surface area contributed by atoms with Crippen molar-refractivity contribution in [1.82, 2.24) is 29.9 Å². The topological polar surface area (TPSA) is 218 Å². The van der Waals surface area contributed by atoms with Crippen LogP contribution in [0.1, 0.15) is 5.56 Å². The van der Waals surface area contributed by atoms with Gasteiger partial charge in [0.2, 0.25) is 35.7 Å². The Morgan fingerprint density at radius 3 is 1.41 bits per heavy atom. The SMILES string of the molecule is Nc1nc(N)nc(Nc2ccc(C=Nc3ccc(Nc4nc(N)nc(N)n4)cc3)cc2)n1. The Bertz CT molecular complexity index is 1110. The summed E-state index contributed by atoms with van der Waals surface area (Å²) in [5, 5.41) is 6.02. The van der Waals surface area contributed by atoms with E-state index >= 15 is 0 Å². The lowest BCUT2D eigenvalue weighted by molar-refractivity contribution is 1.08. The molecule has 0 unspecified atom stereocenters. The summed E-state index contributed by atoms with van der Waals surface area (Å²) in [6, 6.07) is 14.9. The number of aliphatic imine (C=N–C) groups is 1. The third kappa shape index (κ3) is 5.29. The number of rotatable bonds is 6. The van der Waals surface area contributed by atoms with E-state index in [1.807, 2.05) is 48.5 Å². The van der Waals surface area contributed by atoms with Crippen molar-refractivity contribution in [3.8, 4) is 0 Å². The van der Waals surface area contributed by atoms with Gasteiger partial charge in [0.1, 0.15) is 0 Å². The first-order chi connectivity index (χ1) is 15.4. The Labute approximate surface area is 182 Å². The van der Waals surface area contributed by atoms with E-state index in [-0.39, 0.29) is 35.7 Å². The first-order valence-corrected chi connectivity index (χ1v) is 9.25. The van der Waals surface area contributed by atoms with Gasteiger partial charge in [0.15, 0.2) is 0 Å². The molecular weight excluding hydrogens is 410 g/mol. The van der Waals surface area contributed by atoms with Gasteiger partial charge in [-0.1, -0.05) is 12.1 Å². The lowest BCUT2D eigenvalue weighted by atomic mass is 10.2. The summed E-state index contributed by atoms with van der Waals surface area (Å²) in [5.74, 6) is 0.723. The highest BCUT2D eigenvalue weighted by Crippen LogP contribution is 2.20. The monoisotopic (exact) mass is 429 g/mol. The molecule has 0 bridgehead atoms. The van der Waals surface area contributed by atoms with Crippen LogP contribution in [0.25, 0.3) is 0 Å². The first-order valence-electron chi connectivity index (χ1n) is 9.25.